The van der Waals surface area contributed by atoms with Crippen LogP contribution in [0.15, 0.2) is 24.3 Å². The number of halogens is 1. The highest BCUT2D eigenvalue weighted by Crippen LogP contribution is 2.33. The molecule has 0 heterocycles. The van der Waals surface area contributed by atoms with Crippen LogP contribution in [-0.2, 0) is 0 Å². The molecule has 3 heteroatoms. The standard InChI is InChI=1S/C11H12ClNO/c1-11(2,7-13)10(14)8-4-3-5-9(12)6-8/h3-6,10,14H,1-2H3. The van der Waals surface area contributed by atoms with Crippen LogP contribution in [0.25, 0.3) is 0 Å². The van der Waals surface area contributed by atoms with Gasteiger partial charge in [-0.3, -0.25) is 0 Å². The van der Waals surface area contributed by atoms with Gasteiger partial charge < -0.3 is 5.11 Å². The van der Waals surface area contributed by atoms with Crippen LogP contribution in [-0.4, -0.2) is 5.11 Å². The molecule has 1 rings (SSSR count). The number of hydrogen-bond acceptors (Lipinski definition) is 2. The topological polar surface area (TPSA) is 44.0 Å². The Bertz CT molecular complexity index is 368. The first kappa shape index (κ1) is 11.0. The molecular weight excluding hydrogens is 198 g/mol. The maximum absolute atomic E-state index is 9.89. The third-order valence-corrected chi connectivity index (χ3v) is 2.37. The Morgan fingerprint density at radius 2 is 2.14 bits per heavy atom. The van der Waals surface area contributed by atoms with E-state index in [1.54, 1.807) is 38.1 Å². The van der Waals surface area contributed by atoms with Gasteiger partial charge in [0.05, 0.1) is 17.6 Å². The summed E-state index contributed by atoms with van der Waals surface area (Å²) in [5.41, 5.74) is -0.130. The number of hydrogen-bond donors (Lipinski definition) is 1. The van der Waals surface area contributed by atoms with Gasteiger partial charge in [0.25, 0.3) is 0 Å². The van der Waals surface area contributed by atoms with E-state index >= 15 is 0 Å². The second kappa shape index (κ2) is 4.00. The zero-order valence-corrected chi connectivity index (χ0v) is 8.92. The van der Waals surface area contributed by atoms with Gasteiger partial charge in [-0.15, -0.1) is 0 Å². The molecule has 1 N–H and O–H groups in total. The fraction of sp³-hybridized carbons (Fsp3) is 0.364. The smallest absolute Gasteiger partial charge is 0.0971 e. The zero-order chi connectivity index (χ0) is 10.8. The molecule has 1 unspecified atom stereocenters. The summed E-state index contributed by atoms with van der Waals surface area (Å²) in [6, 6.07) is 8.99. The van der Waals surface area contributed by atoms with Gasteiger partial charge in [-0.25, -0.2) is 0 Å². The van der Waals surface area contributed by atoms with Crippen molar-refractivity contribution in [2.24, 2.45) is 5.41 Å². The van der Waals surface area contributed by atoms with Crippen LogP contribution in [0, 0.1) is 16.7 Å². The van der Waals surface area contributed by atoms with Gasteiger partial charge >= 0.3 is 0 Å². The Morgan fingerprint density at radius 3 is 2.64 bits per heavy atom. The van der Waals surface area contributed by atoms with E-state index in [0.29, 0.717) is 10.6 Å². The summed E-state index contributed by atoms with van der Waals surface area (Å²) in [5.74, 6) is 0. The van der Waals surface area contributed by atoms with Gasteiger partial charge in [0.15, 0.2) is 0 Å². The lowest BCUT2D eigenvalue weighted by molar-refractivity contribution is 0.0868. The number of rotatable bonds is 2. The average Bonchev–Trinajstić information content (AvgIpc) is 2.16. The largest absolute Gasteiger partial charge is 0.387 e. The maximum Gasteiger partial charge on any atom is 0.0971 e. The molecule has 1 aromatic carbocycles. The number of aliphatic hydroxyl groups is 1. The third kappa shape index (κ3) is 2.25. The predicted octanol–water partition coefficient (Wildman–Crippen LogP) is 2.92. The van der Waals surface area contributed by atoms with Crippen molar-refractivity contribution in [2.75, 3.05) is 0 Å². The summed E-state index contributed by atoms with van der Waals surface area (Å²) in [6.07, 6.45) is -0.814. The van der Waals surface area contributed by atoms with Crippen LogP contribution in [0.4, 0.5) is 0 Å². The second-order valence-corrected chi connectivity index (χ2v) is 4.23. The molecular formula is C11H12ClNO. The molecule has 0 bridgehead atoms. The van der Waals surface area contributed by atoms with Gasteiger partial charge in [0.2, 0.25) is 0 Å². The number of benzene rings is 1. The van der Waals surface area contributed by atoms with Crippen molar-refractivity contribution in [1.82, 2.24) is 0 Å². The van der Waals surface area contributed by atoms with Crippen LogP contribution in [0.1, 0.15) is 25.5 Å². The van der Waals surface area contributed by atoms with E-state index in [4.69, 9.17) is 16.9 Å². The van der Waals surface area contributed by atoms with Gasteiger partial charge in [0.1, 0.15) is 0 Å². The Hall–Kier alpha value is -1.04. The SMILES string of the molecule is CC(C)(C#N)C(O)c1cccc(Cl)c1. The Kier molecular flexibility index (Phi) is 3.15. The highest BCUT2D eigenvalue weighted by atomic mass is 35.5. The zero-order valence-electron chi connectivity index (χ0n) is 8.16. The minimum absolute atomic E-state index is 0.565. The first-order valence-corrected chi connectivity index (χ1v) is 4.70. The van der Waals surface area contributed by atoms with Crippen LogP contribution in [0.3, 0.4) is 0 Å². The van der Waals surface area contributed by atoms with Crippen molar-refractivity contribution < 1.29 is 5.11 Å². The Morgan fingerprint density at radius 1 is 1.50 bits per heavy atom. The van der Waals surface area contributed by atoms with Crippen LogP contribution < -0.4 is 0 Å². The summed E-state index contributed by atoms with van der Waals surface area (Å²) in [4.78, 5) is 0. The predicted molar refractivity (Wildman–Crippen MR) is 55.8 cm³/mol. The molecule has 1 aromatic rings. The quantitative estimate of drug-likeness (QED) is 0.814. The Labute approximate surface area is 88.7 Å². The van der Waals surface area contributed by atoms with Crippen molar-refractivity contribution in [3.8, 4) is 6.07 Å². The monoisotopic (exact) mass is 209 g/mol. The molecule has 0 fully saturated rings. The fourth-order valence-corrected chi connectivity index (χ4v) is 1.35. The summed E-state index contributed by atoms with van der Waals surface area (Å²) in [5, 5.41) is 19.3. The van der Waals surface area contributed by atoms with Crippen LogP contribution in [0.5, 0.6) is 0 Å². The first-order valence-electron chi connectivity index (χ1n) is 4.32. The second-order valence-electron chi connectivity index (χ2n) is 3.79. The number of aliphatic hydroxyl groups excluding tert-OH is 1. The van der Waals surface area contributed by atoms with Crippen LogP contribution >= 0.6 is 11.6 Å². The molecule has 0 spiro atoms. The minimum Gasteiger partial charge on any atom is -0.387 e. The third-order valence-electron chi connectivity index (χ3n) is 2.14. The van der Waals surface area contributed by atoms with Crippen molar-refractivity contribution in [1.29, 1.82) is 5.26 Å². The minimum atomic E-state index is -0.814. The van der Waals surface area contributed by atoms with E-state index in [1.807, 2.05) is 0 Å². The van der Waals surface area contributed by atoms with Crippen molar-refractivity contribution in [2.45, 2.75) is 20.0 Å². The molecule has 2 nitrogen and oxygen atoms in total. The van der Waals surface area contributed by atoms with Crippen molar-refractivity contribution in [3.63, 3.8) is 0 Å². The molecule has 0 aliphatic heterocycles. The molecule has 0 saturated heterocycles. The molecule has 1 atom stereocenters. The normalized spacial score (nSPS) is 13.4. The fourth-order valence-electron chi connectivity index (χ4n) is 1.15. The average molecular weight is 210 g/mol. The lowest BCUT2D eigenvalue weighted by Gasteiger charge is -2.23. The van der Waals surface area contributed by atoms with E-state index in [2.05, 4.69) is 6.07 Å². The van der Waals surface area contributed by atoms with Gasteiger partial charge in [0, 0.05) is 5.02 Å². The lowest BCUT2D eigenvalue weighted by Crippen LogP contribution is -2.19. The van der Waals surface area contributed by atoms with Gasteiger partial charge in [-0.2, -0.15) is 5.26 Å². The van der Waals surface area contributed by atoms with E-state index in [0.717, 1.165) is 0 Å². The highest BCUT2D eigenvalue weighted by molar-refractivity contribution is 6.30. The molecule has 0 aliphatic rings. The molecule has 74 valence electrons. The number of nitrogens with zero attached hydrogens (tertiary/aromatic N) is 1. The van der Waals surface area contributed by atoms with Crippen molar-refractivity contribution in [3.05, 3.63) is 34.9 Å². The summed E-state index contributed by atoms with van der Waals surface area (Å²) < 4.78 is 0. The van der Waals surface area contributed by atoms with E-state index in [9.17, 15) is 5.11 Å². The van der Waals surface area contributed by atoms with Crippen LogP contribution in [0.2, 0.25) is 5.02 Å². The maximum atomic E-state index is 9.89. The molecule has 0 saturated carbocycles. The number of nitriles is 1. The molecule has 0 aliphatic carbocycles. The Balaban J connectivity index is 3.02. The van der Waals surface area contributed by atoms with Gasteiger partial charge in [-0.1, -0.05) is 23.7 Å². The highest BCUT2D eigenvalue weighted by Gasteiger charge is 2.28. The summed E-state index contributed by atoms with van der Waals surface area (Å²) >= 11 is 5.79. The van der Waals surface area contributed by atoms with E-state index in [1.165, 1.54) is 0 Å². The van der Waals surface area contributed by atoms with Gasteiger partial charge in [-0.05, 0) is 31.5 Å². The molecule has 0 aromatic heterocycles. The molecule has 14 heavy (non-hydrogen) atoms. The first-order chi connectivity index (χ1) is 6.47. The summed E-state index contributed by atoms with van der Waals surface area (Å²) in [7, 11) is 0. The molecule has 0 amide bonds. The van der Waals surface area contributed by atoms with Crippen molar-refractivity contribution >= 4 is 11.6 Å². The van der Waals surface area contributed by atoms with E-state index < -0.39 is 11.5 Å². The lowest BCUT2D eigenvalue weighted by atomic mass is 9.84. The van der Waals surface area contributed by atoms with E-state index in [-0.39, 0.29) is 0 Å². The molecule has 0 radical (unpaired) electrons. The summed E-state index contributed by atoms with van der Waals surface area (Å²) in [6.45, 7) is 3.39.